The molecule has 2 rings (SSSR count). The topological polar surface area (TPSA) is 59.0 Å². The Labute approximate surface area is 95.2 Å². The predicted molar refractivity (Wildman–Crippen MR) is 62.2 cm³/mol. The van der Waals surface area contributed by atoms with E-state index >= 15 is 0 Å². The number of hydrogen-bond acceptors (Lipinski definition) is 3. The monoisotopic (exact) mass is 222 g/mol. The molecule has 1 saturated carbocycles. The quantitative estimate of drug-likeness (QED) is 0.775. The predicted octanol–water partition coefficient (Wildman–Crippen LogP) is 0.809. The highest BCUT2D eigenvalue weighted by Crippen LogP contribution is 2.18. The summed E-state index contributed by atoms with van der Waals surface area (Å²) in [4.78, 5) is 11.6. The van der Waals surface area contributed by atoms with Crippen molar-refractivity contribution >= 4 is 11.7 Å². The number of aromatic nitrogens is 2. The number of amides is 1. The molecule has 0 aromatic carbocycles. The number of aryl methyl sites for hydroxylation is 2. The van der Waals surface area contributed by atoms with Gasteiger partial charge in [0.2, 0.25) is 5.91 Å². The summed E-state index contributed by atoms with van der Waals surface area (Å²) in [6, 6.07) is 2.53. The fourth-order valence-corrected chi connectivity index (χ4v) is 1.61. The summed E-state index contributed by atoms with van der Waals surface area (Å²) in [5.74, 6) is 0.796. The van der Waals surface area contributed by atoms with Crippen molar-refractivity contribution in [1.82, 2.24) is 15.1 Å². The van der Waals surface area contributed by atoms with Crippen LogP contribution in [0.2, 0.25) is 0 Å². The van der Waals surface area contributed by atoms with E-state index in [1.165, 1.54) is 12.8 Å². The van der Waals surface area contributed by atoms with Crippen LogP contribution < -0.4 is 10.6 Å². The molecule has 1 heterocycles. The van der Waals surface area contributed by atoms with Crippen LogP contribution in [0.3, 0.4) is 0 Å². The number of carbonyl (C=O) groups excluding carboxylic acids is 1. The molecule has 0 unspecified atom stereocenters. The van der Waals surface area contributed by atoms with E-state index < -0.39 is 0 Å². The van der Waals surface area contributed by atoms with Crippen molar-refractivity contribution in [2.75, 3.05) is 11.9 Å². The highest BCUT2D eigenvalue weighted by Gasteiger charge is 2.20. The minimum Gasteiger partial charge on any atom is -0.313 e. The van der Waals surface area contributed by atoms with Gasteiger partial charge in [0.05, 0.1) is 5.69 Å². The van der Waals surface area contributed by atoms with Gasteiger partial charge in [-0.25, -0.2) is 0 Å². The van der Waals surface area contributed by atoms with Crippen LogP contribution in [0.5, 0.6) is 0 Å². The minimum atomic E-state index is 0.0381. The smallest absolute Gasteiger partial charge is 0.226 e. The van der Waals surface area contributed by atoms with Gasteiger partial charge in [-0.05, 0) is 19.8 Å². The molecule has 1 aromatic rings. The van der Waals surface area contributed by atoms with Crippen molar-refractivity contribution in [3.8, 4) is 0 Å². The van der Waals surface area contributed by atoms with Crippen molar-refractivity contribution in [3.63, 3.8) is 0 Å². The second-order valence-electron chi connectivity index (χ2n) is 4.32. The lowest BCUT2D eigenvalue weighted by Gasteiger charge is -2.05. The zero-order valence-corrected chi connectivity index (χ0v) is 9.79. The van der Waals surface area contributed by atoms with Gasteiger partial charge in [-0.3, -0.25) is 9.48 Å². The molecule has 2 N–H and O–H groups in total. The Bertz CT molecular complexity index is 381. The summed E-state index contributed by atoms with van der Waals surface area (Å²) in [6.45, 7) is 2.66. The highest BCUT2D eigenvalue weighted by atomic mass is 16.1. The molecule has 5 nitrogen and oxygen atoms in total. The number of nitrogens with one attached hydrogen (secondary N) is 2. The van der Waals surface area contributed by atoms with Crippen LogP contribution in [0.4, 0.5) is 5.82 Å². The van der Waals surface area contributed by atoms with Gasteiger partial charge >= 0.3 is 0 Å². The number of carbonyl (C=O) groups is 1. The molecule has 0 bridgehead atoms. The summed E-state index contributed by atoms with van der Waals surface area (Å²) in [5.41, 5.74) is 0.911. The summed E-state index contributed by atoms with van der Waals surface area (Å²) < 4.78 is 1.68. The van der Waals surface area contributed by atoms with Crippen LogP contribution >= 0.6 is 0 Å². The van der Waals surface area contributed by atoms with E-state index in [1.54, 1.807) is 4.68 Å². The maximum atomic E-state index is 11.6. The molecule has 5 heteroatoms. The lowest BCUT2D eigenvalue weighted by atomic mass is 10.4. The average molecular weight is 222 g/mol. The van der Waals surface area contributed by atoms with Crippen LogP contribution in [-0.2, 0) is 11.8 Å². The maximum Gasteiger partial charge on any atom is 0.226 e. The third kappa shape index (κ3) is 3.06. The number of nitrogens with zero attached hydrogens (tertiary/aromatic N) is 2. The lowest BCUT2D eigenvalue weighted by Crippen LogP contribution is -2.23. The fraction of sp³-hybridized carbons (Fsp3) is 0.636. The van der Waals surface area contributed by atoms with Crippen molar-refractivity contribution in [1.29, 1.82) is 0 Å². The van der Waals surface area contributed by atoms with Crippen molar-refractivity contribution in [3.05, 3.63) is 11.8 Å². The molecule has 1 amide bonds. The first kappa shape index (κ1) is 11.1. The van der Waals surface area contributed by atoms with Gasteiger partial charge in [0.1, 0.15) is 5.82 Å². The molecule has 88 valence electrons. The standard InChI is InChI=1S/C11H18N4O/c1-8-7-10(15(2)14-8)13-11(16)5-6-12-9-3-4-9/h7,9,12H,3-6H2,1-2H3,(H,13,16). The van der Waals surface area contributed by atoms with E-state index in [-0.39, 0.29) is 5.91 Å². The zero-order valence-electron chi connectivity index (χ0n) is 9.79. The van der Waals surface area contributed by atoms with Gasteiger partial charge in [-0.15, -0.1) is 0 Å². The molecule has 1 aliphatic rings. The average Bonchev–Trinajstić information content (AvgIpc) is 2.95. The number of anilines is 1. The van der Waals surface area contributed by atoms with Crippen molar-refractivity contribution in [2.24, 2.45) is 7.05 Å². The Hall–Kier alpha value is -1.36. The second-order valence-corrected chi connectivity index (χ2v) is 4.32. The van der Waals surface area contributed by atoms with E-state index in [4.69, 9.17) is 0 Å². The van der Waals surface area contributed by atoms with Gasteiger partial charge < -0.3 is 10.6 Å². The first-order valence-corrected chi connectivity index (χ1v) is 5.69. The minimum absolute atomic E-state index is 0.0381. The molecule has 1 fully saturated rings. The van der Waals surface area contributed by atoms with Gasteiger partial charge in [0.25, 0.3) is 0 Å². The third-order valence-corrected chi connectivity index (χ3v) is 2.63. The summed E-state index contributed by atoms with van der Waals surface area (Å²) in [7, 11) is 1.82. The van der Waals surface area contributed by atoms with Crippen LogP contribution in [0.1, 0.15) is 25.0 Å². The Morgan fingerprint density at radius 3 is 2.94 bits per heavy atom. The Kier molecular flexibility index (Phi) is 3.24. The van der Waals surface area contributed by atoms with Gasteiger partial charge in [0, 0.05) is 32.1 Å². The van der Waals surface area contributed by atoms with Gasteiger partial charge in [0.15, 0.2) is 0 Å². The fourth-order valence-electron chi connectivity index (χ4n) is 1.61. The zero-order chi connectivity index (χ0) is 11.5. The third-order valence-electron chi connectivity index (χ3n) is 2.63. The SMILES string of the molecule is Cc1cc(NC(=O)CCNC2CC2)n(C)n1. The molecule has 0 atom stereocenters. The first-order chi connectivity index (χ1) is 7.65. The lowest BCUT2D eigenvalue weighted by molar-refractivity contribution is -0.116. The van der Waals surface area contributed by atoms with Crippen molar-refractivity contribution in [2.45, 2.75) is 32.2 Å². The second kappa shape index (κ2) is 4.65. The normalized spacial score (nSPS) is 15.1. The highest BCUT2D eigenvalue weighted by molar-refractivity contribution is 5.90. The van der Waals surface area contributed by atoms with Crippen LogP contribution in [-0.4, -0.2) is 28.3 Å². The van der Waals surface area contributed by atoms with E-state index in [0.717, 1.165) is 18.1 Å². The number of hydrogen-bond donors (Lipinski definition) is 2. The molecule has 1 aliphatic carbocycles. The summed E-state index contributed by atoms with van der Waals surface area (Å²) >= 11 is 0. The molecule has 0 spiro atoms. The van der Waals surface area contributed by atoms with Crippen LogP contribution in [0.25, 0.3) is 0 Å². The summed E-state index contributed by atoms with van der Waals surface area (Å²) in [6.07, 6.45) is 3.02. The van der Waals surface area contributed by atoms with Crippen LogP contribution in [0, 0.1) is 6.92 Å². The van der Waals surface area contributed by atoms with Crippen molar-refractivity contribution < 1.29 is 4.79 Å². The molecule has 0 radical (unpaired) electrons. The van der Waals surface area contributed by atoms with Gasteiger partial charge in [-0.2, -0.15) is 5.10 Å². The summed E-state index contributed by atoms with van der Waals surface area (Å²) in [5, 5.41) is 10.3. The van der Waals surface area contributed by atoms with E-state index in [0.29, 0.717) is 12.5 Å². The van der Waals surface area contributed by atoms with E-state index in [2.05, 4.69) is 15.7 Å². The number of rotatable bonds is 5. The Balaban J connectivity index is 1.75. The largest absolute Gasteiger partial charge is 0.313 e. The van der Waals surface area contributed by atoms with Gasteiger partial charge in [-0.1, -0.05) is 0 Å². The molecular weight excluding hydrogens is 204 g/mol. The first-order valence-electron chi connectivity index (χ1n) is 5.69. The molecule has 16 heavy (non-hydrogen) atoms. The van der Waals surface area contributed by atoms with Crippen LogP contribution in [0.15, 0.2) is 6.07 Å². The molecule has 0 saturated heterocycles. The molecule has 1 aromatic heterocycles. The Morgan fingerprint density at radius 2 is 2.38 bits per heavy atom. The van der Waals surface area contributed by atoms with E-state index in [1.807, 2.05) is 20.0 Å². The Morgan fingerprint density at radius 1 is 1.62 bits per heavy atom. The maximum absolute atomic E-state index is 11.6. The molecular formula is C11H18N4O. The van der Waals surface area contributed by atoms with E-state index in [9.17, 15) is 4.79 Å². The molecule has 0 aliphatic heterocycles.